The molecule has 0 saturated carbocycles. The van der Waals surface area contributed by atoms with Gasteiger partial charge in [-0.3, -0.25) is 9.59 Å². The zero-order valence-electron chi connectivity index (χ0n) is 11.8. The molecule has 0 spiro atoms. The van der Waals surface area contributed by atoms with Crippen molar-refractivity contribution in [2.75, 3.05) is 6.54 Å². The number of carboxylic acid groups (broad SMARTS) is 1. The summed E-state index contributed by atoms with van der Waals surface area (Å²) in [6.07, 6.45) is 2.87. The summed E-state index contributed by atoms with van der Waals surface area (Å²) in [6, 6.07) is 4.95. The van der Waals surface area contributed by atoms with E-state index in [1.54, 1.807) is 38.1 Å². The van der Waals surface area contributed by atoms with Gasteiger partial charge in [0, 0.05) is 22.7 Å². The zero-order valence-corrected chi connectivity index (χ0v) is 13.3. The van der Waals surface area contributed by atoms with Crippen molar-refractivity contribution >= 4 is 41.2 Å². The van der Waals surface area contributed by atoms with Crippen LogP contribution in [0.2, 0.25) is 10.0 Å². The lowest BCUT2D eigenvalue weighted by Gasteiger charge is -2.15. The van der Waals surface area contributed by atoms with E-state index in [-0.39, 0.29) is 18.4 Å². The fraction of sp³-hybridized carbons (Fsp3) is 0.333. The van der Waals surface area contributed by atoms with E-state index < -0.39 is 11.9 Å². The average molecular weight is 330 g/mol. The van der Waals surface area contributed by atoms with Crippen LogP contribution >= 0.6 is 23.2 Å². The van der Waals surface area contributed by atoms with E-state index >= 15 is 0 Å². The van der Waals surface area contributed by atoms with Crippen molar-refractivity contribution in [3.8, 4) is 0 Å². The molecule has 0 saturated heterocycles. The van der Waals surface area contributed by atoms with Gasteiger partial charge in [0.2, 0.25) is 5.91 Å². The van der Waals surface area contributed by atoms with Gasteiger partial charge in [0.1, 0.15) is 0 Å². The van der Waals surface area contributed by atoms with Crippen LogP contribution in [0, 0.1) is 11.8 Å². The predicted octanol–water partition coefficient (Wildman–Crippen LogP) is 3.48. The first-order valence-corrected chi connectivity index (χ1v) is 7.20. The Morgan fingerprint density at radius 3 is 2.52 bits per heavy atom. The highest BCUT2D eigenvalue weighted by atomic mass is 35.5. The second-order valence-corrected chi connectivity index (χ2v) is 5.78. The Morgan fingerprint density at radius 1 is 1.33 bits per heavy atom. The molecule has 0 aliphatic heterocycles. The third kappa shape index (κ3) is 5.78. The maximum absolute atomic E-state index is 11.7. The fourth-order valence-corrected chi connectivity index (χ4v) is 2.15. The van der Waals surface area contributed by atoms with Gasteiger partial charge >= 0.3 is 5.97 Å². The molecular formula is C15H17Cl2NO3. The van der Waals surface area contributed by atoms with Crippen molar-refractivity contribution < 1.29 is 14.7 Å². The molecule has 6 heteroatoms. The van der Waals surface area contributed by atoms with E-state index in [1.165, 1.54) is 6.08 Å². The summed E-state index contributed by atoms with van der Waals surface area (Å²) in [7, 11) is 0. The number of carboxylic acids is 1. The minimum Gasteiger partial charge on any atom is -0.481 e. The smallest absolute Gasteiger partial charge is 0.308 e. The molecule has 0 fully saturated rings. The number of aliphatic carboxylic acids is 1. The monoisotopic (exact) mass is 329 g/mol. The number of rotatable bonds is 6. The molecule has 0 radical (unpaired) electrons. The molecule has 1 aromatic rings. The van der Waals surface area contributed by atoms with Crippen LogP contribution in [0.5, 0.6) is 0 Å². The summed E-state index contributed by atoms with van der Waals surface area (Å²) in [5.41, 5.74) is 0.662. The summed E-state index contributed by atoms with van der Waals surface area (Å²) in [5, 5.41) is 12.6. The lowest BCUT2D eigenvalue weighted by atomic mass is 9.96. The number of carbonyl (C=O) groups excluding carboxylic acids is 1. The molecule has 0 aliphatic rings. The van der Waals surface area contributed by atoms with Crippen LogP contribution in [-0.4, -0.2) is 23.5 Å². The van der Waals surface area contributed by atoms with Crippen LogP contribution in [0.1, 0.15) is 19.4 Å². The minimum atomic E-state index is -0.921. The van der Waals surface area contributed by atoms with Gasteiger partial charge in [-0.2, -0.15) is 0 Å². The fourth-order valence-electron chi connectivity index (χ4n) is 1.68. The Morgan fingerprint density at radius 2 is 2.00 bits per heavy atom. The van der Waals surface area contributed by atoms with E-state index in [0.717, 1.165) is 0 Å². The molecular weight excluding hydrogens is 313 g/mol. The second kappa shape index (κ2) is 8.05. The van der Waals surface area contributed by atoms with Crippen LogP contribution in [0.15, 0.2) is 24.3 Å². The number of benzene rings is 1. The maximum atomic E-state index is 11.7. The van der Waals surface area contributed by atoms with Crippen molar-refractivity contribution in [3.63, 3.8) is 0 Å². The highest BCUT2D eigenvalue weighted by Gasteiger charge is 2.21. The molecule has 1 unspecified atom stereocenters. The standard InChI is InChI=1S/C15H17Cl2NO3/c1-9(2)12(15(20)21)8-18-14(19)6-4-10-3-5-11(16)7-13(10)17/h3-7,9,12H,8H2,1-2H3,(H,18,19)(H,20,21). The topological polar surface area (TPSA) is 66.4 Å². The van der Waals surface area contributed by atoms with Crippen molar-refractivity contribution in [1.82, 2.24) is 5.32 Å². The van der Waals surface area contributed by atoms with Gasteiger partial charge < -0.3 is 10.4 Å². The molecule has 1 atom stereocenters. The van der Waals surface area contributed by atoms with Gasteiger partial charge in [-0.15, -0.1) is 0 Å². The minimum absolute atomic E-state index is 0.0579. The van der Waals surface area contributed by atoms with Crippen LogP contribution in [0.25, 0.3) is 6.08 Å². The molecule has 1 rings (SSSR count). The van der Waals surface area contributed by atoms with Crippen LogP contribution in [-0.2, 0) is 9.59 Å². The predicted molar refractivity (Wildman–Crippen MR) is 84.5 cm³/mol. The largest absolute Gasteiger partial charge is 0.481 e. The first-order chi connectivity index (χ1) is 9.81. The van der Waals surface area contributed by atoms with Gasteiger partial charge in [-0.1, -0.05) is 43.1 Å². The highest BCUT2D eigenvalue weighted by molar-refractivity contribution is 6.35. The molecule has 4 nitrogen and oxygen atoms in total. The third-order valence-corrected chi connectivity index (χ3v) is 3.56. The van der Waals surface area contributed by atoms with Gasteiger partial charge in [0.15, 0.2) is 0 Å². The molecule has 0 aromatic heterocycles. The Bertz CT molecular complexity index is 556. The van der Waals surface area contributed by atoms with Crippen LogP contribution < -0.4 is 5.32 Å². The lowest BCUT2D eigenvalue weighted by Crippen LogP contribution is -2.34. The Labute approximate surface area is 133 Å². The quantitative estimate of drug-likeness (QED) is 0.785. The number of carbonyl (C=O) groups is 2. The number of halogens is 2. The average Bonchev–Trinajstić information content (AvgIpc) is 2.37. The van der Waals surface area contributed by atoms with Gasteiger partial charge in [0.05, 0.1) is 5.92 Å². The Hall–Kier alpha value is -1.52. The SMILES string of the molecule is CC(C)C(CNC(=O)C=Cc1ccc(Cl)cc1Cl)C(=O)O. The first-order valence-electron chi connectivity index (χ1n) is 6.45. The third-order valence-electron chi connectivity index (χ3n) is 2.99. The molecule has 21 heavy (non-hydrogen) atoms. The van der Waals surface area contributed by atoms with Gasteiger partial charge in [0.25, 0.3) is 0 Å². The van der Waals surface area contributed by atoms with E-state index in [0.29, 0.717) is 15.6 Å². The molecule has 114 valence electrons. The summed E-state index contributed by atoms with van der Waals surface area (Å²) < 4.78 is 0. The molecule has 2 N–H and O–H groups in total. The summed E-state index contributed by atoms with van der Waals surface area (Å²) in [4.78, 5) is 22.7. The molecule has 0 aliphatic carbocycles. The number of hydrogen-bond acceptors (Lipinski definition) is 2. The van der Waals surface area contributed by atoms with Crippen molar-refractivity contribution in [3.05, 3.63) is 39.9 Å². The molecule has 0 bridgehead atoms. The number of hydrogen-bond donors (Lipinski definition) is 2. The Balaban J connectivity index is 2.61. The number of nitrogens with one attached hydrogen (secondary N) is 1. The number of amides is 1. The van der Waals surface area contributed by atoms with E-state index in [9.17, 15) is 9.59 Å². The van der Waals surface area contributed by atoms with E-state index in [1.807, 2.05) is 0 Å². The van der Waals surface area contributed by atoms with E-state index in [4.69, 9.17) is 28.3 Å². The molecule has 1 aromatic carbocycles. The molecule has 0 heterocycles. The lowest BCUT2D eigenvalue weighted by molar-refractivity contribution is -0.143. The summed E-state index contributed by atoms with van der Waals surface area (Å²) >= 11 is 11.8. The summed E-state index contributed by atoms with van der Waals surface area (Å²) in [5.74, 6) is -1.96. The Kier molecular flexibility index (Phi) is 6.72. The van der Waals surface area contributed by atoms with Gasteiger partial charge in [-0.05, 0) is 29.7 Å². The van der Waals surface area contributed by atoms with E-state index in [2.05, 4.69) is 5.32 Å². The van der Waals surface area contributed by atoms with Crippen LogP contribution in [0.4, 0.5) is 0 Å². The van der Waals surface area contributed by atoms with Crippen molar-refractivity contribution in [2.24, 2.45) is 11.8 Å². The maximum Gasteiger partial charge on any atom is 0.308 e. The van der Waals surface area contributed by atoms with Crippen molar-refractivity contribution in [1.29, 1.82) is 0 Å². The first kappa shape index (κ1) is 17.5. The summed E-state index contributed by atoms with van der Waals surface area (Å²) in [6.45, 7) is 3.69. The zero-order chi connectivity index (χ0) is 16.0. The van der Waals surface area contributed by atoms with Crippen LogP contribution in [0.3, 0.4) is 0 Å². The van der Waals surface area contributed by atoms with Crippen molar-refractivity contribution in [2.45, 2.75) is 13.8 Å². The normalized spacial score (nSPS) is 12.6. The molecule has 1 amide bonds. The second-order valence-electron chi connectivity index (χ2n) is 4.93. The van der Waals surface area contributed by atoms with Gasteiger partial charge in [-0.25, -0.2) is 0 Å². The highest BCUT2D eigenvalue weighted by Crippen LogP contribution is 2.21.